The van der Waals surface area contributed by atoms with Crippen molar-refractivity contribution in [3.8, 4) is 5.75 Å². The predicted octanol–water partition coefficient (Wildman–Crippen LogP) is 4.15. The minimum absolute atomic E-state index is 0.0393. The molecule has 0 aliphatic heterocycles. The Morgan fingerprint density at radius 1 is 0.941 bits per heavy atom. The van der Waals surface area contributed by atoms with Gasteiger partial charge in [0.2, 0.25) is 0 Å². The van der Waals surface area contributed by atoms with E-state index in [0.717, 1.165) is 6.07 Å². The lowest BCUT2D eigenvalue weighted by Gasteiger charge is -2.12. The normalized spacial score (nSPS) is 11.5. The van der Waals surface area contributed by atoms with Gasteiger partial charge in [-0.05, 0) is 48.9 Å². The van der Waals surface area contributed by atoms with Gasteiger partial charge < -0.3 is 4.74 Å². The predicted molar refractivity (Wildman–Crippen MR) is 126 cm³/mol. The Kier molecular flexibility index (Phi) is 7.06. The van der Waals surface area contributed by atoms with E-state index < -0.39 is 25.6 Å². The third-order valence-corrected chi connectivity index (χ3v) is 6.03. The van der Waals surface area contributed by atoms with Gasteiger partial charge in [0.25, 0.3) is 21.4 Å². The van der Waals surface area contributed by atoms with E-state index in [1.54, 1.807) is 25.1 Å². The number of anilines is 2. The second-order valence-electron chi connectivity index (χ2n) is 6.85. The molecule has 0 unspecified atom stereocenters. The van der Waals surface area contributed by atoms with Gasteiger partial charge in [-0.25, -0.2) is 8.42 Å². The summed E-state index contributed by atoms with van der Waals surface area (Å²) in [5.74, 6) is 0.287. The summed E-state index contributed by atoms with van der Waals surface area (Å²) < 4.78 is 33.1. The van der Waals surface area contributed by atoms with Gasteiger partial charge in [-0.1, -0.05) is 12.1 Å². The Balaban J connectivity index is 1.87. The highest BCUT2D eigenvalue weighted by atomic mass is 32.2. The average molecular weight is 485 g/mol. The summed E-state index contributed by atoms with van der Waals surface area (Å²) in [4.78, 5) is 20.8. The van der Waals surface area contributed by atoms with Gasteiger partial charge in [-0.3, -0.25) is 30.4 Å². The van der Waals surface area contributed by atoms with Gasteiger partial charge in [-0.2, -0.15) is 5.10 Å². The van der Waals surface area contributed by atoms with Crippen molar-refractivity contribution in [2.45, 2.75) is 11.8 Å². The summed E-state index contributed by atoms with van der Waals surface area (Å²) in [6.45, 7) is 1.61. The molecule has 0 aromatic heterocycles. The van der Waals surface area contributed by atoms with Gasteiger partial charge >= 0.3 is 0 Å². The van der Waals surface area contributed by atoms with Gasteiger partial charge in [-0.15, -0.1) is 0 Å². The van der Waals surface area contributed by atoms with E-state index in [1.165, 1.54) is 49.6 Å². The fourth-order valence-electron chi connectivity index (χ4n) is 2.89. The Hall–Kier alpha value is -4.52. The number of nitro benzene ring substituents is 2. The number of hydrazone groups is 1. The zero-order valence-electron chi connectivity index (χ0n) is 18.0. The highest BCUT2D eigenvalue weighted by molar-refractivity contribution is 7.92. The molecule has 0 aliphatic rings. The first-order chi connectivity index (χ1) is 16.1. The fourth-order valence-corrected chi connectivity index (χ4v) is 3.98. The van der Waals surface area contributed by atoms with E-state index >= 15 is 0 Å². The maximum atomic E-state index is 12.8. The summed E-state index contributed by atoms with van der Waals surface area (Å²) in [6, 6.07) is 15.3. The van der Waals surface area contributed by atoms with E-state index in [0.29, 0.717) is 11.3 Å². The summed E-state index contributed by atoms with van der Waals surface area (Å²) >= 11 is 0. The highest BCUT2D eigenvalue weighted by Crippen LogP contribution is 2.30. The second-order valence-corrected chi connectivity index (χ2v) is 8.54. The molecule has 34 heavy (non-hydrogen) atoms. The molecule has 0 bridgehead atoms. The molecule has 3 aromatic carbocycles. The first-order valence-corrected chi connectivity index (χ1v) is 11.1. The molecule has 0 aliphatic carbocycles. The van der Waals surface area contributed by atoms with E-state index in [-0.39, 0.29) is 27.7 Å². The van der Waals surface area contributed by atoms with Crippen LogP contribution < -0.4 is 14.9 Å². The van der Waals surface area contributed by atoms with E-state index in [9.17, 15) is 28.6 Å². The smallest absolute Gasteiger partial charge is 0.295 e. The molecule has 0 saturated carbocycles. The molecule has 0 amide bonds. The number of rotatable bonds is 9. The lowest BCUT2D eigenvalue weighted by atomic mass is 10.1. The summed E-state index contributed by atoms with van der Waals surface area (Å²) in [6.07, 6.45) is 0. The topological polar surface area (TPSA) is 166 Å². The van der Waals surface area contributed by atoms with Crippen molar-refractivity contribution >= 4 is 38.5 Å². The highest BCUT2D eigenvalue weighted by Gasteiger charge is 2.22. The number of methoxy groups -OCH3 is 1. The number of benzene rings is 3. The van der Waals surface area contributed by atoms with Crippen LogP contribution in [0.3, 0.4) is 0 Å². The van der Waals surface area contributed by atoms with E-state index in [4.69, 9.17) is 4.74 Å². The summed E-state index contributed by atoms with van der Waals surface area (Å²) in [5.41, 5.74) is 3.06. The molecule has 0 saturated heterocycles. The van der Waals surface area contributed by atoms with Crippen LogP contribution >= 0.6 is 0 Å². The van der Waals surface area contributed by atoms with E-state index in [2.05, 4.69) is 15.2 Å². The molecule has 0 spiro atoms. The Labute approximate surface area is 194 Å². The van der Waals surface area contributed by atoms with Crippen molar-refractivity contribution < 1.29 is 23.0 Å². The van der Waals surface area contributed by atoms with Crippen LogP contribution in [0.2, 0.25) is 0 Å². The zero-order valence-corrected chi connectivity index (χ0v) is 18.8. The number of non-ortho nitro benzene ring substituents is 1. The van der Waals surface area contributed by atoms with Crippen LogP contribution in [-0.2, 0) is 10.0 Å². The fraction of sp³-hybridized carbons (Fsp3) is 0.0952. The number of ether oxygens (including phenoxy) is 1. The number of hydrogen-bond donors (Lipinski definition) is 2. The van der Waals surface area contributed by atoms with Crippen molar-refractivity contribution in [1.29, 1.82) is 0 Å². The molecule has 2 N–H and O–H groups in total. The average Bonchev–Trinajstić information content (AvgIpc) is 2.82. The molecule has 176 valence electrons. The molecular weight excluding hydrogens is 466 g/mol. The van der Waals surface area contributed by atoms with Crippen LogP contribution in [0.25, 0.3) is 0 Å². The lowest BCUT2D eigenvalue weighted by molar-refractivity contribution is -0.384. The minimum Gasteiger partial charge on any atom is -0.495 e. The number of sulfonamides is 1. The maximum absolute atomic E-state index is 12.8. The van der Waals surface area contributed by atoms with Gasteiger partial charge in [0, 0.05) is 18.2 Å². The molecule has 0 fully saturated rings. The molecule has 3 rings (SSSR count). The van der Waals surface area contributed by atoms with Crippen molar-refractivity contribution in [2.24, 2.45) is 5.10 Å². The Bertz CT molecular complexity index is 1370. The largest absolute Gasteiger partial charge is 0.495 e. The van der Waals surface area contributed by atoms with Crippen LogP contribution in [0.5, 0.6) is 5.75 Å². The van der Waals surface area contributed by atoms with Crippen molar-refractivity contribution in [3.05, 3.63) is 92.5 Å². The van der Waals surface area contributed by atoms with Crippen LogP contribution in [0.15, 0.2) is 76.7 Å². The van der Waals surface area contributed by atoms with Crippen LogP contribution in [-0.4, -0.2) is 31.1 Å². The third kappa shape index (κ3) is 5.45. The number of para-hydroxylation sites is 2. The number of nitro groups is 2. The molecular formula is C21H19N5O7S. The van der Waals surface area contributed by atoms with Gasteiger partial charge in [0.1, 0.15) is 11.4 Å². The summed E-state index contributed by atoms with van der Waals surface area (Å²) in [5, 5.41) is 26.4. The maximum Gasteiger partial charge on any atom is 0.295 e. The Morgan fingerprint density at radius 3 is 2.24 bits per heavy atom. The van der Waals surface area contributed by atoms with Crippen molar-refractivity contribution in [1.82, 2.24) is 0 Å². The third-order valence-electron chi connectivity index (χ3n) is 4.67. The SMILES string of the molecule is COc1ccccc1NS(=O)(=O)c1ccc(N/N=C(/C)c2ccc([N+](=O)[O-])cc2)c([N+](=O)[O-])c1. The first-order valence-electron chi connectivity index (χ1n) is 9.62. The molecule has 0 heterocycles. The minimum atomic E-state index is -4.16. The monoisotopic (exact) mass is 485 g/mol. The molecule has 3 aromatic rings. The zero-order chi connectivity index (χ0) is 24.9. The van der Waals surface area contributed by atoms with Crippen molar-refractivity contribution in [2.75, 3.05) is 17.3 Å². The molecule has 0 radical (unpaired) electrons. The van der Waals surface area contributed by atoms with Gasteiger partial charge in [0.05, 0.1) is 33.3 Å². The van der Waals surface area contributed by atoms with Gasteiger partial charge in [0.15, 0.2) is 0 Å². The quantitative estimate of drug-likeness (QED) is 0.259. The summed E-state index contributed by atoms with van der Waals surface area (Å²) in [7, 11) is -2.77. The molecule has 12 nitrogen and oxygen atoms in total. The lowest BCUT2D eigenvalue weighted by Crippen LogP contribution is -2.14. The molecule has 13 heteroatoms. The molecule has 0 atom stereocenters. The number of nitrogens with zero attached hydrogens (tertiary/aromatic N) is 3. The second kappa shape index (κ2) is 9.95. The van der Waals surface area contributed by atoms with Crippen LogP contribution in [0.4, 0.5) is 22.7 Å². The number of nitrogens with one attached hydrogen (secondary N) is 2. The van der Waals surface area contributed by atoms with E-state index in [1.807, 2.05) is 0 Å². The van der Waals surface area contributed by atoms with Crippen molar-refractivity contribution in [3.63, 3.8) is 0 Å². The standard InChI is InChI=1S/C21H19N5O7S/c1-14(15-7-9-16(10-8-15)25(27)28)22-23-18-12-11-17(13-20(18)26(29)30)34(31,32)24-19-5-3-4-6-21(19)33-2/h3-13,23-24H,1-2H3/b22-14-. The van der Waals surface area contributed by atoms with Crippen LogP contribution in [0, 0.1) is 20.2 Å². The van der Waals surface area contributed by atoms with Crippen LogP contribution in [0.1, 0.15) is 12.5 Å². The number of hydrogen-bond acceptors (Lipinski definition) is 9. The first kappa shape index (κ1) is 24.1. The Morgan fingerprint density at radius 2 is 1.62 bits per heavy atom.